The van der Waals surface area contributed by atoms with E-state index in [-0.39, 0.29) is 21.1 Å². The Morgan fingerprint density at radius 3 is 1.10 bits per heavy atom. The molecule has 0 atom stereocenters. The molecule has 0 unspecified atom stereocenters. The first-order valence-electron chi connectivity index (χ1n) is 15.9. The van der Waals surface area contributed by atoms with Crippen LogP contribution in [0.4, 0.5) is 0 Å². The van der Waals surface area contributed by atoms with Crippen molar-refractivity contribution in [1.82, 2.24) is 15.0 Å². The summed E-state index contributed by atoms with van der Waals surface area (Å²) in [5.41, 5.74) is 19.4. The number of allylic oxidation sites excluding steroid dienone is 4. The van der Waals surface area contributed by atoms with E-state index in [1.165, 1.54) is 44.5 Å². The summed E-state index contributed by atoms with van der Waals surface area (Å²) in [7, 11) is 4.60. The Morgan fingerprint density at radius 1 is 0.500 bits per heavy atom. The third kappa shape index (κ3) is 5.15. The van der Waals surface area contributed by atoms with Gasteiger partial charge < -0.3 is 14.5 Å². The molecule has 0 spiro atoms. The molecular formula is C37H46N4Pt-2. The maximum atomic E-state index is 5.29. The molecule has 5 heterocycles. The third-order valence-electron chi connectivity index (χ3n) is 9.16. The van der Waals surface area contributed by atoms with Gasteiger partial charge in [0.05, 0.1) is 11.4 Å². The summed E-state index contributed by atoms with van der Waals surface area (Å²) in [6, 6.07) is 9.08. The molecule has 5 heteroatoms. The normalized spacial score (nSPS) is 13.2. The molecule has 0 saturated carbocycles. The van der Waals surface area contributed by atoms with Crippen molar-refractivity contribution >= 4 is 44.4 Å². The van der Waals surface area contributed by atoms with Gasteiger partial charge in [-0.25, -0.2) is 4.98 Å². The molecule has 0 fully saturated rings. The van der Waals surface area contributed by atoms with Gasteiger partial charge in [0.15, 0.2) is 0 Å². The molecule has 0 radical (unpaired) electrons. The second kappa shape index (κ2) is 13.2. The molecular weight excluding hydrogens is 696 g/mol. The van der Waals surface area contributed by atoms with E-state index < -0.39 is 0 Å². The maximum Gasteiger partial charge on any atom is 0.106 e. The van der Waals surface area contributed by atoms with Crippen molar-refractivity contribution in [1.29, 1.82) is 0 Å². The fraction of sp³-hybridized carbons (Fsp3) is 0.432. The molecule has 8 bridgehead atoms. The average molecular weight is 742 g/mol. The monoisotopic (exact) mass is 741 g/mol. The van der Waals surface area contributed by atoms with Gasteiger partial charge in [0, 0.05) is 28.1 Å². The van der Waals surface area contributed by atoms with Gasteiger partial charge in [0.25, 0.3) is 0 Å². The molecule has 226 valence electrons. The van der Waals surface area contributed by atoms with Gasteiger partial charge in [-0.3, -0.25) is 0 Å². The smallest absolute Gasteiger partial charge is 0.106 e. The van der Waals surface area contributed by atoms with Crippen LogP contribution in [0.2, 0.25) is 0 Å². The Morgan fingerprint density at radius 2 is 0.810 bits per heavy atom. The van der Waals surface area contributed by atoms with Crippen LogP contribution in [-0.2, 0) is 46.7 Å². The van der Waals surface area contributed by atoms with Crippen LogP contribution in [0.1, 0.15) is 126 Å². The van der Waals surface area contributed by atoms with E-state index in [0.29, 0.717) is 0 Å². The summed E-state index contributed by atoms with van der Waals surface area (Å²) in [6.07, 6.45) is 7.59. The predicted molar refractivity (Wildman–Crippen MR) is 174 cm³/mol. The SMILES string of the molecule is [CH2-][n+]1c2cc3[n-]c(cc4nc(cc5[n-]c(cc1C(CC)=C2CC)c(CC)c5CC)C(CC)=C4CC)c(CC)c3CC.[Pt]. The van der Waals surface area contributed by atoms with E-state index >= 15 is 0 Å². The molecule has 42 heavy (non-hydrogen) atoms. The molecule has 0 N–H and O–H groups in total. The zero-order chi connectivity index (χ0) is 29.4. The fourth-order valence-corrected chi connectivity index (χ4v) is 7.21. The first-order chi connectivity index (χ1) is 19.9. The van der Waals surface area contributed by atoms with Crippen molar-refractivity contribution < 1.29 is 25.6 Å². The zero-order valence-electron chi connectivity index (χ0n) is 26.8. The van der Waals surface area contributed by atoms with Crippen molar-refractivity contribution in [3.05, 3.63) is 76.3 Å². The Balaban J connectivity index is 0.00000405. The predicted octanol–water partition coefficient (Wildman–Crippen LogP) is 8.81. The Labute approximate surface area is 267 Å². The number of aromatic nitrogens is 4. The summed E-state index contributed by atoms with van der Waals surface area (Å²) >= 11 is 0. The van der Waals surface area contributed by atoms with Crippen LogP contribution in [0.3, 0.4) is 0 Å². The molecule has 0 amide bonds. The van der Waals surface area contributed by atoms with Crippen LogP contribution >= 0.6 is 0 Å². The van der Waals surface area contributed by atoms with Crippen LogP contribution in [0, 0.1) is 7.05 Å². The fourth-order valence-electron chi connectivity index (χ4n) is 7.21. The maximum absolute atomic E-state index is 5.29. The van der Waals surface area contributed by atoms with Gasteiger partial charge >= 0.3 is 0 Å². The number of fused-ring (bicyclic) bond motifs is 8. The summed E-state index contributed by atoms with van der Waals surface area (Å²) < 4.78 is 2.14. The van der Waals surface area contributed by atoms with E-state index in [9.17, 15) is 0 Å². The van der Waals surface area contributed by atoms with E-state index in [4.69, 9.17) is 15.0 Å². The van der Waals surface area contributed by atoms with E-state index in [2.05, 4.69) is 91.3 Å². The summed E-state index contributed by atoms with van der Waals surface area (Å²) in [4.78, 5) is 15.9. The molecule has 2 aliphatic heterocycles. The van der Waals surface area contributed by atoms with Crippen molar-refractivity contribution in [3.8, 4) is 0 Å². The molecule has 2 aliphatic rings. The minimum Gasteiger partial charge on any atom is -0.658 e. The summed E-state index contributed by atoms with van der Waals surface area (Å²) in [6.45, 7) is 18.0. The molecule has 0 saturated heterocycles. The zero-order valence-corrected chi connectivity index (χ0v) is 29.1. The molecule has 3 aromatic rings. The molecule has 5 rings (SSSR count). The van der Waals surface area contributed by atoms with Crippen molar-refractivity contribution in [3.63, 3.8) is 0 Å². The molecule has 0 aromatic carbocycles. The second-order valence-corrected chi connectivity index (χ2v) is 11.1. The van der Waals surface area contributed by atoms with Gasteiger partial charge in [0.2, 0.25) is 0 Å². The average Bonchev–Trinajstić information content (AvgIpc) is 3.67. The minimum absolute atomic E-state index is 0. The number of nitrogens with zero attached hydrogens (tertiary/aromatic N) is 4. The first-order valence-corrected chi connectivity index (χ1v) is 15.9. The number of hydrogen-bond acceptors (Lipinski definition) is 1. The Hall–Kier alpha value is -2.84. The van der Waals surface area contributed by atoms with Gasteiger partial charge in [-0.2, -0.15) is 0 Å². The topological polar surface area (TPSA) is 45.0 Å². The Bertz CT molecular complexity index is 1610. The second-order valence-electron chi connectivity index (χ2n) is 11.1. The largest absolute Gasteiger partial charge is 0.658 e. The summed E-state index contributed by atoms with van der Waals surface area (Å²) in [5, 5.41) is 0. The number of aryl methyl sites for hydroxylation is 4. The van der Waals surface area contributed by atoms with E-state index in [1.54, 1.807) is 0 Å². The van der Waals surface area contributed by atoms with E-state index in [0.717, 1.165) is 96.2 Å². The molecule has 4 nitrogen and oxygen atoms in total. The van der Waals surface area contributed by atoms with Crippen molar-refractivity contribution in [2.24, 2.45) is 0 Å². The van der Waals surface area contributed by atoms with Gasteiger partial charge in [-0.15, -0.1) is 22.1 Å². The standard InChI is InChI=1S/C37H46N4.Pt/c1-10-22-23(11-2)31-19-33-25(13-4)27(15-6)35(40-33)21-37-29(17-8)28(16-7)36(41(37)9)20-34-26(14-5)24(12-3)32(39-34)18-30(22)38-31;/h18-21H,9-17H2,1-8H3;/q-2;. The van der Waals surface area contributed by atoms with Gasteiger partial charge in [-0.1, -0.05) is 102 Å². The molecule has 3 aromatic heterocycles. The number of hydrogen-bond donors (Lipinski definition) is 0. The van der Waals surface area contributed by atoms with Crippen LogP contribution in [-0.4, -0.2) is 4.98 Å². The third-order valence-corrected chi connectivity index (χ3v) is 9.16. The number of rotatable bonds is 8. The molecule has 0 aliphatic carbocycles. The quantitative estimate of drug-likeness (QED) is 0.171. The summed E-state index contributed by atoms with van der Waals surface area (Å²) in [5.74, 6) is 0. The van der Waals surface area contributed by atoms with Crippen LogP contribution in [0.5, 0.6) is 0 Å². The van der Waals surface area contributed by atoms with Crippen LogP contribution in [0.25, 0.3) is 44.4 Å². The first kappa shape index (κ1) is 32.1. The minimum atomic E-state index is 0. The van der Waals surface area contributed by atoms with Gasteiger partial charge in [0.1, 0.15) is 11.4 Å². The van der Waals surface area contributed by atoms with Gasteiger partial charge in [-0.05, 0) is 73.7 Å². The Kier molecular flexibility index (Phi) is 10.1. The van der Waals surface area contributed by atoms with Crippen molar-refractivity contribution in [2.45, 2.75) is 107 Å². The van der Waals surface area contributed by atoms with E-state index in [1.807, 2.05) is 0 Å². The van der Waals surface area contributed by atoms with Crippen LogP contribution < -0.4 is 14.5 Å². The van der Waals surface area contributed by atoms with Crippen molar-refractivity contribution in [2.75, 3.05) is 0 Å². The van der Waals surface area contributed by atoms with Crippen LogP contribution in [0.15, 0.2) is 24.3 Å².